The third-order valence-electron chi connectivity index (χ3n) is 4.25. The Labute approximate surface area is 123 Å². The fourth-order valence-corrected chi connectivity index (χ4v) is 2.73. The molecule has 0 atom stereocenters. The van der Waals surface area contributed by atoms with Crippen molar-refractivity contribution >= 4 is 11.9 Å². The number of carbonyl (C=O) groups excluding carboxylic acids is 1. The van der Waals surface area contributed by atoms with E-state index in [1.807, 2.05) is 0 Å². The van der Waals surface area contributed by atoms with E-state index >= 15 is 0 Å². The number of hydrogen-bond donors (Lipinski definition) is 3. The monoisotopic (exact) mass is 294 g/mol. The Balaban J connectivity index is 2.09. The number of amides is 1. The molecule has 1 aromatic rings. The van der Waals surface area contributed by atoms with Crippen LogP contribution in [0.4, 0.5) is 0 Å². The first-order valence-corrected chi connectivity index (χ1v) is 7.12. The van der Waals surface area contributed by atoms with Gasteiger partial charge in [0.25, 0.3) is 5.91 Å². The fraction of sp³-hybridized carbons (Fsp3) is 0.600. The highest BCUT2D eigenvalue weighted by atomic mass is 16.5. The smallest absolute Gasteiger partial charge is 0.352 e. The minimum Gasteiger partial charge on any atom is -0.477 e. The number of ether oxygens (including phenoxy) is 1. The number of H-pyrrole nitrogens is 1. The van der Waals surface area contributed by atoms with Crippen molar-refractivity contribution in [2.75, 3.05) is 19.8 Å². The van der Waals surface area contributed by atoms with Crippen molar-refractivity contribution in [3.05, 3.63) is 22.5 Å². The van der Waals surface area contributed by atoms with Crippen LogP contribution in [0.5, 0.6) is 0 Å². The predicted molar refractivity (Wildman–Crippen MR) is 77.7 cm³/mol. The molecule has 21 heavy (non-hydrogen) atoms. The number of rotatable bonds is 4. The number of carboxylic acids is 1. The maximum Gasteiger partial charge on any atom is 0.352 e. The molecule has 1 aliphatic rings. The van der Waals surface area contributed by atoms with E-state index in [1.165, 1.54) is 0 Å². The van der Waals surface area contributed by atoms with Crippen molar-refractivity contribution in [2.45, 2.75) is 33.6 Å². The van der Waals surface area contributed by atoms with Gasteiger partial charge in [-0.25, -0.2) is 4.79 Å². The van der Waals surface area contributed by atoms with Gasteiger partial charge in [0.2, 0.25) is 0 Å². The van der Waals surface area contributed by atoms with Gasteiger partial charge in [-0.15, -0.1) is 0 Å². The van der Waals surface area contributed by atoms with Gasteiger partial charge < -0.3 is 20.1 Å². The Hall–Kier alpha value is -1.82. The van der Waals surface area contributed by atoms with E-state index in [0.717, 1.165) is 26.1 Å². The Kier molecular flexibility index (Phi) is 4.37. The summed E-state index contributed by atoms with van der Waals surface area (Å²) in [6.07, 6.45) is 1.83. The van der Waals surface area contributed by atoms with Gasteiger partial charge in [-0.3, -0.25) is 4.79 Å². The predicted octanol–water partition coefficient (Wildman–Crippen LogP) is 1.88. The molecule has 1 aromatic heterocycles. The van der Waals surface area contributed by atoms with Crippen LogP contribution in [0.2, 0.25) is 0 Å². The summed E-state index contributed by atoms with van der Waals surface area (Å²) in [5.41, 5.74) is 1.62. The SMILES string of the molecule is Cc1[nH]c(C(=O)O)c(C)c1C(=O)NCC1(C)CCOCC1. The number of hydrogen-bond acceptors (Lipinski definition) is 3. The van der Waals surface area contributed by atoms with Gasteiger partial charge in [0.15, 0.2) is 0 Å². The van der Waals surface area contributed by atoms with Crippen LogP contribution in [0.15, 0.2) is 0 Å². The van der Waals surface area contributed by atoms with E-state index < -0.39 is 5.97 Å². The van der Waals surface area contributed by atoms with Crippen LogP contribution >= 0.6 is 0 Å². The van der Waals surface area contributed by atoms with Gasteiger partial charge in [-0.05, 0) is 37.7 Å². The average molecular weight is 294 g/mol. The quantitative estimate of drug-likeness (QED) is 0.790. The highest BCUT2D eigenvalue weighted by molar-refractivity contribution is 6.00. The Morgan fingerprint density at radius 3 is 2.48 bits per heavy atom. The van der Waals surface area contributed by atoms with Crippen LogP contribution in [-0.2, 0) is 4.74 Å². The van der Waals surface area contributed by atoms with E-state index in [0.29, 0.717) is 23.4 Å². The molecule has 0 spiro atoms. The molecule has 0 aromatic carbocycles. The number of aromatic amines is 1. The van der Waals surface area contributed by atoms with E-state index in [1.54, 1.807) is 13.8 Å². The van der Waals surface area contributed by atoms with Crippen molar-refractivity contribution < 1.29 is 19.4 Å². The largest absolute Gasteiger partial charge is 0.477 e. The topological polar surface area (TPSA) is 91.4 Å². The van der Waals surface area contributed by atoms with E-state index in [4.69, 9.17) is 9.84 Å². The van der Waals surface area contributed by atoms with E-state index in [-0.39, 0.29) is 17.0 Å². The average Bonchev–Trinajstić information content (AvgIpc) is 2.73. The fourth-order valence-electron chi connectivity index (χ4n) is 2.73. The number of aromatic nitrogens is 1. The summed E-state index contributed by atoms with van der Waals surface area (Å²) in [5, 5.41) is 12.0. The molecule has 116 valence electrons. The Morgan fingerprint density at radius 2 is 1.95 bits per heavy atom. The highest BCUT2D eigenvalue weighted by Gasteiger charge is 2.29. The summed E-state index contributed by atoms with van der Waals surface area (Å²) < 4.78 is 5.34. The lowest BCUT2D eigenvalue weighted by Crippen LogP contribution is -2.39. The zero-order valence-electron chi connectivity index (χ0n) is 12.7. The van der Waals surface area contributed by atoms with Crippen LogP contribution in [0, 0.1) is 19.3 Å². The second-order valence-corrected chi connectivity index (χ2v) is 6.04. The normalized spacial score (nSPS) is 17.5. The summed E-state index contributed by atoms with van der Waals surface area (Å²) in [6, 6.07) is 0. The molecular formula is C15H22N2O4. The van der Waals surface area contributed by atoms with Crippen molar-refractivity contribution in [1.82, 2.24) is 10.3 Å². The van der Waals surface area contributed by atoms with Gasteiger partial charge >= 0.3 is 5.97 Å². The third-order valence-corrected chi connectivity index (χ3v) is 4.25. The van der Waals surface area contributed by atoms with Crippen molar-refractivity contribution in [3.63, 3.8) is 0 Å². The van der Waals surface area contributed by atoms with Gasteiger partial charge in [-0.2, -0.15) is 0 Å². The van der Waals surface area contributed by atoms with Crippen molar-refractivity contribution in [3.8, 4) is 0 Å². The zero-order chi connectivity index (χ0) is 15.6. The summed E-state index contributed by atoms with van der Waals surface area (Å²) in [5.74, 6) is -1.27. The number of nitrogens with one attached hydrogen (secondary N) is 2. The zero-order valence-corrected chi connectivity index (χ0v) is 12.7. The first-order chi connectivity index (χ1) is 9.84. The molecule has 1 fully saturated rings. The van der Waals surface area contributed by atoms with Crippen LogP contribution in [-0.4, -0.2) is 41.7 Å². The number of carbonyl (C=O) groups is 2. The van der Waals surface area contributed by atoms with E-state index in [2.05, 4.69) is 17.2 Å². The summed E-state index contributed by atoms with van der Waals surface area (Å²) in [6.45, 7) is 7.51. The first kappa shape index (κ1) is 15.6. The molecule has 2 heterocycles. The second kappa shape index (κ2) is 5.89. The Morgan fingerprint density at radius 1 is 1.33 bits per heavy atom. The van der Waals surface area contributed by atoms with Gasteiger partial charge in [0, 0.05) is 25.5 Å². The Bertz CT molecular complexity index is 556. The van der Waals surface area contributed by atoms with Crippen LogP contribution in [0.1, 0.15) is 51.9 Å². The second-order valence-electron chi connectivity index (χ2n) is 6.04. The molecule has 3 N–H and O–H groups in total. The van der Waals surface area contributed by atoms with E-state index in [9.17, 15) is 9.59 Å². The highest BCUT2D eigenvalue weighted by Crippen LogP contribution is 2.29. The molecule has 0 bridgehead atoms. The minimum absolute atomic E-state index is 0.0433. The lowest BCUT2D eigenvalue weighted by molar-refractivity contribution is 0.0238. The van der Waals surface area contributed by atoms with Crippen LogP contribution < -0.4 is 5.32 Å². The first-order valence-electron chi connectivity index (χ1n) is 7.12. The summed E-state index contributed by atoms with van der Waals surface area (Å²) >= 11 is 0. The molecule has 1 saturated heterocycles. The number of carboxylic acid groups (broad SMARTS) is 1. The maximum atomic E-state index is 12.4. The standard InChI is InChI=1S/C15H22N2O4/c1-9-11(10(2)17-12(9)14(19)20)13(18)16-8-15(3)4-6-21-7-5-15/h17H,4-8H2,1-3H3,(H,16,18)(H,19,20). The van der Waals surface area contributed by atoms with Crippen LogP contribution in [0.25, 0.3) is 0 Å². The van der Waals surface area contributed by atoms with Gasteiger partial charge in [0.1, 0.15) is 5.69 Å². The molecule has 1 aliphatic heterocycles. The van der Waals surface area contributed by atoms with Crippen molar-refractivity contribution in [1.29, 1.82) is 0 Å². The maximum absolute atomic E-state index is 12.4. The van der Waals surface area contributed by atoms with Gasteiger partial charge in [-0.1, -0.05) is 6.92 Å². The molecule has 2 rings (SSSR count). The summed E-state index contributed by atoms with van der Waals surface area (Å²) in [7, 11) is 0. The lowest BCUT2D eigenvalue weighted by atomic mass is 9.82. The molecule has 1 amide bonds. The van der Waals surface area contributed by atoms with Gasteiger partial charge in [0.05, 0.1) is 5.56 Å². The number of aromatic carboxylic acids is 1. The third kappa shape index (κ3) is 3.26. The molecule has 6 heteroatoms. The lowest BCUT2D eigenvalue weighted by Gasteiger charge is -2.33. The van der Waals surface area contributed by atoms with Crippen molar-refractivity contribution in [2.24, 2.45) is 5.41 Å². The molecular weight excluding hydrogens is 272 g/mol. The molecule has 0 unspecified atom stereocenters. The van der Waals surface area contributed by atoms with Crippen LogP contribution in [0.3, 0.4) is 0 Å². The molecule has 0 aliphatic carbocycles. The summed E-state index contributed by atoms with van der Waals surface area (Å²) in [4.78, 5) is 26.2. The molecule has 0 saturated carbocycles. The molecule has 0 radical (unpaired) electrons. The molecule has 6 nitrogen and oxygen atoms in total. The minimum atomic E-state index is -1.05. The number of aryl methyl sites for hydroxylation is 1.